The van der Waals surface area contributed by atoms with Crippen molar-refractivity contribution in [3.8, 4) is 0 Å². The van der Waals surface area contributed by atoms with Crippen LogP contribution in [0.25, 0.3) is 0 Å². The molecule has 14 nitrogen and oxygen atoms in total. The number of furan rings is 1. The van der Waals surface area contributed by atoms with Crippen molar-refractivity contribution in [2.24, 2.45) is 39.9 Å². The molecule has 5 aliphatic rings. The third kappa shape index (κ3) is 4.47. The highest BCUT2D eigenvalue weighted by Gasteiger charge is 2.91. The molecule has 1 aromatic heterocycles. The molecule has 5 fully saturated rings. The number of ether oxygens (including phenoxy) is 6. The SMILES string of the molecule is COC(=O)C[C@H]1[C@@]2(C)C[C@]3(OC(C)=O)[C@H]([C@H]2OC(C)=O)[C@@H](OC(C)=O)[C@@]2(OC(C)=O)C(C[C@H](O)[C@@]4(C)[C@H](c5ccoc5)OC(=O)C[C@@H]24)[C@]13C. The molecule has 13 atom stereocenters. The van der Waals surface area contributed by atoms with E-state index in [2.05, 4.69) is 0 Å². The summed E-state index contributed by atoms with van der Waals surface area (Å²) in [7, 11) is 1.24. The summed E-state index contributed by atoms with van der Waals surface area (Å²) >= 11 is 0. The number of esters is 6. The minimum atomic E-state index is -1.89. The molecule has 0 spiro atoms. The number of aliphatic hydroxyl groups excluding tert-OH is 1. The lowest BCUT2D eigenvalue weighted by atomic mass is 9.36. The molecule has 2 heterocycles. The molecule has 6 rings (SSSR count). The van der Waals surface area contributed by atoms with Crippen molar-refractivity contribution in [1.29, 1.82) is 0 Å². The first-order valence-corrected chi connectivity index (χ1v) is 16.5. The van der Waals surface area contributed by atoms with Crippen LogP contribution in [0.15, 0.2) is 23.0 Å². The van der Waals surface area contributed by atoms with Crippen molar-refractivity contribution in [3.05, 3.63) is 24.2 Å². The number of hydrogen-bond donors (Lipinski definition) is 1. The molecule has 14 heteroatoms. The predicted octanol–water partition coefficient (Wildman–Crippen LogP) is 2.98. The molecule has 1 saturated heterocycles. The van der Waals surface area contributed by atoms with E-state index in [0.29, 0.717) is 5.56 Å². The summed E-state index contributed by atoms with van der Waals surface area (Å²) in [5.74, 6) is -8.07. The van der Waals surface area contributed by atoms with Crippen LogP contribution in [0, 0.1) is 39.9 Å². The van der Waals surface area contributed by atoms with Gasteiger partial charge in [0.15, 0.2) is 11.7 Å². The number of cyclic esters (lactones) is 1. The van der Waals surface area contributed by atoms with Crippen molar-refractivity contribution >= 4 is 35.8 Å². The zero-order valence-corrected chi connectivity index (χ0v) is 28.9. The molecule has 2 bridgehead atoms. The lowest BCUT2D eigenvalue weighted by molar-refractivity contribution is -0.366. The Balaban J connectivity index is 1.72. The molecule has 49 heavy (non-hydrogen) atoms. The Morgan fingerprint density at radius 3 is 2.10 bits per heavy atom. The van der Waals surface area contributed by atoms with Gasteiger partial charge in [0.05, 0.1) is 38.1 Å². The summed E-state index contributed by atoms with van der Waals surface area (Å²) in [5.41, 5.74) is -6.74. The maximum atomic E-state index is 13.6. The highest BCUT2D eigenvalue weighted by Crippen LogP contribution is 2.83. The fourth-order valence-electron chi connectivity index (χ4n) is 11.7. The molecule has 1 aliphatic heterocycles. The fraction of sp³-hybridized carbons (Fsp3) is 0.714. The average Bonchev–Trinajstić information content (AvgIpc) is 3.65. The second kappa shape index (κ2) is 11.3. The normalized spacial score (nSPS) is 44.5. The van der Waals surface area contributed by atoms with Crippen LogP contribution in [0.1, 0.15) is 85.8 Å². The first kappa shape index (κ1) is 34.9. The van der Waals surface area contributed by atoms with Gasteiger partial charge in [-0.25, -0.2) is 0 Å². The van der Waals surface area contributed by atoms with Gasteiger partial charge < -0.3 is 37.9 Å². The van der Waals surface area contributed by atoms with E-state index in [1.807, 2.05) is 13.8 Å². The van der Waals surface area contributed by atoms with Crippen LogP contribution < -0.4 is 0 Å². The first-order valence-electron chi connectivity index (χ1n) is 16.5. The number of carbonyl (C=O) groups is 6. The summed E-state index contributed by atoms with van der Waals surface area (Å²) < 4.78 is 41.6. The third-order valence-electron chi connectivity index (χ3n) is 13.0. The summed E-state index contributed by atoms with van der Waals surface area (Å²) in [4.78, 5) is 79.5. The van der Waals surface area contributed by atoms with Gasteiger partial charge in [0.1, 0.15) is 17.8 Å². The Labute approximate surface area is 283 Å². The van der Waals surface area contributed by atoms with E-state index >= 15 is 0 Å². The summed E-state index contributed by atoms with van der Waals surface area (Å²) in [6.07, 6.45) is -2.66. The van der Waals surface area contributed by atoms with E-state index in [0.717, 1.165) is 0 Å². The monoisotopic (exact) mass is 688 g/mol. The Kier molecular flexibility index (Phi) is 8.04. The van der Waals surface area contributed by atoms with E-state index in [-0.39, 0.29) is 25.7 Å². The molecule has 268 valence electrons. The van der Waals surface area contributed by atoms with E-state index in [9.17, 15) is 33.9 Å². The highest BCUT2D eigenvalue weighted by atomic mass is 16.6. The second-order valence-corrected chi connectivity index (χ2v) is 15.2. The average molecular weight is 689 g/mol. The standard InChI is InChI=1S/C35H44O14/c1-16(36)45-29-27-30(46-17(2)37)35(49-19(4)39)22-13-26(42)47-28(20-9-10-44-14-20)32(22,6)24(40)11-23(35)33(7)21(12-25(41)43-8)31(29,5)15-34(27,33)48-18(3)38/h9-10,14,21-24,27-30,40H,11-13,15H2,1-8H3/t21-,22+,23?,24-,27+,28-,29+,30+,31+,32-,33-,34-,35-/m0/s1. The summed E-state index contributed by atoms with van der Waals surface area (Å²) in [5, 5.41) is 12.4. The third-order valence-corrected chi connectivity index (χ3v) is 13.0. The number of aliphatic hydroxyl groups is 1. The first-order chi connectivity index (χ1) is 22.8. The van der Waals surface area contributed by atoms with Gasteiger partial charge in [-0.05, 0) is 24.8 Å². The lowest BCUT2D eigenvalue weighted by Crippen LogP contribution is -2.83. The van der Waals surface area contributed by atoms with Gasteiger partial charge in [0.25, 0.3) is 0 Å². The zero-order valence-electron chi connectivity index (χ0n) is 28.9. The molecule has 0 aromatic carbocycles. The highest BCUT2D eigenvalue weighted by molar-refractivity contribution is 5.74. The zero-order chi connectivity index (χ0) is 36.1. The van der Waals surface area contributed by atoms with Gasteiger partial charge in [0, 0.05) is 67.8 Å². The van der Waals surface area contributed by atoms with Crippen LogP contribution in [-0.4, -0.2) is 77.5 Å². The van der Waals surface area contributed by atoms with Crippen LogP contribution in [0.3, 0.4) is 0 Å². The Morgan fingerprint density at radius 1 is 0.918 bits per heavy atom. The molecule has 1 aromatic rings. The van der Waals surface area contributed by atoms with Gasteiger partial charge >= 0.3 is 35.8 Å². The topological polar surface area (TPSA) is 191 Å². The van der Waals surface area contributed by atoms with Crippen molar-refractivity contribution in [1.82, 2.24) is 0 Å². The van der Waals surface area contributed by atoms with Crippen molar-refractivity contribution in [3.63, 3.8) is 0 Å². The maximum absolute atomic E-state index is 13.6. The number of fused-ring (bicyclic) bond motifs is 5. The van der Waals surface area contributed by atoms with Crippen LogP contribution in [0.5, 0.6) is 0 Å². The van der Waals surface area contributed by atoms with Crippen molar-refractivity contribution in [2.75, 3.05) is 7.11 Å². The largest absolute Gasteiger partial charge is 0.472 e. The number of hydrogen-bond acceptors (Lipinski definition) is 14. The minimum absolute atomic E-state index is 0.0858. The summed E-state index contributed by atoms with van der Waals surface area (Å²) in [6.45, 7) is 10.2. The Hall–Kier alpha value is -3.94. The molecular formula is C35H44O14. The molecule has 1 unspecified atom stereocenters. The summed E-state index contributed by atoms with van der Waals surface area (Å²) in [6, 6.07) is 1.61. The minimum Gasteiger partial charge on any atom is -0.472 e. The molecule has 0 radical (unpaired) electrons. The molecule has 0 amide bonds. The molecule has 4 saturated carbocycles. The van der Waals surface area contributed by atoms with Gasteiger partial charge in [-0.2, -0.15) is 0 Å². The molecular weight excluding hydrogens is 644 g/mol. The van der Waals surface area contributed by atoms with Crippen LogP contribution in [0.4, 0.5) is 0 Å². The Morgan fingerprint density at radius 2 is 1.55 bits per heavy atom. The van der Waals surface area contributed by atoms with Gasteiger partial charge in [0.2, 0.25) is 0 Å². The molecule has 4 aliphatic carbocycles. The predicted molar refractivity (Wildman–Crippen MR) is 162 cm³/mol. The fourth-order valence-corrected chi connectivity index (χ4v) is 11.7. The Bertz CT molecular complexity index is 1590. The number of rotatable bonds is 7. The van der Waals surface area contributed by atoms with Crippen LogP contribution in [-0.2, 0) is 57.2 Å². The lowest BCUT2D eigenvalue weighted by Gasteiger charge is -2.73. The van der Waals surface area contributed by atoms with Crippen LogP contribution >= 0.6 is 0 Å². The number of methoxy groups -OCH3 is 1. The number of carbonyl (C=O) groups excluding carboxylic acids is 6. The second-order valence-electron chi connectivity index (χ2n) is 15.2. The van der Waals surface area contributed by atoms with Crippen molar-refractivity contribution in [2.45, 2.75) is 110 Å². The van der Waals surface area contributed by atoms with E-state index < -0.39 is 111 Å². The smallest absolute Gasteiger partial charge is 0.306 e. The van der Waals surface area contributed by atoms with E-state index in [1.54, 1.807) is 13.0 Å². The van der Waals surface area contributed by atoms with Crippen LogP contribution in [0.2, 0.25) is 0 Å². The van der Waals surface area contributed by atoms with Gasteiger partial charge in [-0.15, -0.1) is 0 Å². The maximum Gasteiger partial charge on any atom is 0.306 e. The van der Waals surface area contributed by atoms with E-state index in [1.165, 1.54) is 47.3 Å². The van der Waals surface area contributed by atoms with Gasteiger partial charge in [-0.3, -0.25) is 28.8 Å². The molecule has 1 N–H and O–H groups in total. The quantitative estimate of drug-likeness (QED) is 0.325. The van der Waals surface area contributed by atoms with Crippen molar-refractivity contribution < 1.29 is 66.7 Å². The van der Waals surface area contributed by atoms with Gasteiger partial charge in [-0.1, -0.05) is 20.8 Å². The van der Waals surface area contributed by atoms with E-state index in [4.69, 9.17) is 32.8 Å².